The lowest BCUT2D eigenvalue weighted by Crippen LogP contribution is -2.14. The van der Waals surface area contributed by atoms with Gasteiger partial charge in [-0.3, -0.25) is 4.99 Å². The summed E-state index contributed by atoms with van der Waals surface area (Å²) in [6, 6.07) is 8.26. The Balaban J connectivity index is 2.18. The van der Waals surface area contributed by atoms with E-state index in [9.17, 15) is 0 Å². The lowest BCUT2D eigenvalue weighted by atomic mass is 9.94. The first-order valence-corrected chi connectivity index (χ1v) is 6.89. The van der Waals surface area contributed by atoms with Crippen LogP contribution < -0.4 is 0 Å². The second kappa shape index (κ2) is 4.28. The second-order valence-electron chi connectivity index (χ2n) is 4.17. The highest BCUT2D eigenvalue weighted by Crippen LogP contribution is 2.26. The Morgan fingerprint density at radius 2 is 2.12 bits per heavy atom. The van der Waals surface area contributed by atoms with Gasteiger partial charge in [0.1, 0.15) is 0 Å². The third-order valence-corrected chi connectivity index (χ3v) is 4.17. The number of nitrogens with zero attached hydrogens (tertiary/aromatic N) is 1. The van der Waals surface area contributed by atoms with E-state index < -0.39 is 0 Å². The Hall–Kier alpha value is -1.12. The molecule has 1 aromatic heterocycles. The number of hydrogen-bond acceptors (Lipinski definition) is 2. The molecule has 1 nitrogen and oxygen atoms in total. The minimum atomic E-state index is 0.784. The molecule has 1 aliphatic heterocycles. The standard InChI is InChI=1S/C14H12ClNS/c1-9-12(5-7-17-9)14-13-8-11(15)3-2-10(13)4-6-16-14/h2-3,5,7-8H,4,6H2,1H3. The van der Waals surface area contributed by atoms with Crippen molar-refractivity contribution in [1.82, 2.24) is 0 Å². The van der Waals surface area contributed by atoms with Crippen molar-refractivity contribution in [3.05, 3.63) is 56.2 Å². The van der Waals surface area contributed by atoms with Crippen molar-refractivity contribution in [1.29, 1.82) is 0 Å². The molecule has 0 aliphatic carbocycles. The minimum absolute atomic E-state index is 0.784. The highest BCUT2D eigenvalue weighted by molar-refractivity contribution is 7.10. The molecule has 0 fully saturated rings. The molecule has 0 saturated heterocycles. The Labute approximate surface area is 110 Å². The van der Waals surface area contributed by atoms with Gasteiger partial charge < -0.3 is 0 Å². The highest BCUT2D eigenvalue weighted by atomic mass is 35.5. The van der Waals surface area contributed by atoms with E-state index in [2.05, 4.69) is 29.4 Å². The van der Waals surface area contributed by atoms with Crippen LogP contribution in [0.5, 0.6) is 0 Å². The van der Waals surface area contributed by atoms with Crippen LogP contribution in [0.3, 0.4) is 0 Å². The SMILES string of the molecule is Cc1sccc1C1=NCCc2ccc(Cl)cc21. The zero-order chi connectivity index (χ0) is 11.8. The van der Waals surface area contributed by atoms with Gasteiger partial charge in [0.05, 0.1) is 5.71 Å². The largest absolute Gasteiger partial charge is 0.284 e. The quantitative estimate of drug-likeness (QED) is 0.733. The number of rotatable bonds is 1. The smallest absolute Gasteiger partial charge is 0.0733 e. The average Bonchev–Trinajstić information content (AvgIpc) is 2.74. The van der Waals surface area contributed by atoms with Gasteiger partial charge in [-0.2, -0.15) is 0 Å². The molecule has 0 atom stereocenters. The van der Waals surface area contributed by atoms with Gasteiger partial charge >= 0.3 is 0 Å². The van der Waals surface area contributed by atoms with E-state index >= 15 is 0 Å². The second-order valence-corrected chi connectivity index (χ2v) is 5.73. The Bertz CT molecular complexity index is 598. The summed E-state index contributed by atoms with van der Waals surface area (Å²) in [5.74, 6) is 0. The van der Waals surface area contributed by atoms with Crippen molar-refractivity contribution in [3.63, 3.8) is 0 Å². The van der Waals surface area contributed by atoms with E-state index in [1.165, 1.54) is 21.6 Å². The zero-order valence-electron chi connectivity index (χ0n) is 9.53. The van der Waals surface area contributed by atoms with Crippen LogP contribution in [0.4, 0.5) is 0 Å². The van der Waals surface area contributed by atoms with Crippen LogP contribution in [0, 0.1) is 6.92 Å². The van der Waals surface area contributed by atoms with Crippen molar-refractivity contribution in [2.45, 2.75) is 13.3 Å². The fraction of sp³-hybridized carbons (Fsp3) is 0.214. The molecular weight excluding hydrogens is 250 g/mol. The number of hydrogen-bond donors (Lipinski definition) is 0. The van der Waals surface area contributed by atoms with Crippen LogP contribution in [-0.2, 0) is 6.42 Å². The molecule has 0 saturated carbocycles. The lowest BCUT2D eigenvalue weighted by molar-refractivity contribution is 0.944. The molecular formula is C14H12ClNS. The van der Waals surface area contributed by atoms with Crippen molar-refractivity contribution < 1.29 is 0 Å². The van der Waals surface area contributed by atoms with Crippen molar-refractivity contribution in [2.75, 3.05) is 6.54 Å². The maximum atomic E-state index is 6.09. The molecule has 2 heterocycles. The molecule has 86 valence electrons. The summed E-state index contributed by atoms with van der Waals surface area (Å²) < 4.78 is 0. The first kappa shape index (κ1) is 11.0. The molecule has 0 N–H and O–H groups in total. The highest BCUT2D eigenvalue weighted by Gasteiger charge is 2.17. The van der Waals surface area contributed by atoms with Crippen molar-refractivity contribution in [3.8, 4) is 0 Å². The van der Waals surface area contributed by atoms with Crippen LogP contribution in [0.1, 0.15) is 21.6 Å². The number of thiophene rings is 1. The van der Waals surface area contributed by atoms with Gasteiger partial charge in [-0.15, -0.1) is 11.3 Å². The molecule has 0 spiro atoms. The number of aryl methyl sites for hydroxylation is 1. The van der Waals surface area contributed by atoms with Gasteiger partial charge in [-0.25, -0.2) is 0 Å². The Morgan fingerprint density at radius 1 is 1.24 bits per heavy atom. The van der Waals surface area contributed by atoms with Gasteiger partial charge in [0.2, 0.25) is 0 Å². The molecule has 0 unspecified atom stereocenters. The summed E-state index contributed by atoms with van der Waals surface area (Å²) in [7, 11) is 0. The normalized spacial score (nSPS) is 14.4. The zero-order valence-corrected chi connectivity index (χ0v) is 11.1. The van der Waals surface area contributed by atoms with E-state index in [4.69, 9.17) is 11.6 Å². The molecule has 1 aliphatic rings. The summed E-state index contributed by atoms with van der Waals surface area (Å²) in [6.45, 7) is 3.01. The summed E-state index contributed by atoms with van der Waals surface area (Å²) >= 11 is 7.85. The minimum Gasteiger partial charge on any atom is -0.284 e. The molecule has 3 rings (SSSR count). The Kier molecular flexibility index (Phi) is 2.77. The molecule has 17 heavy (non-hydrogen) atoms. The van der Waals surface area contributed by atoms with E-state index in [-0.39, 0.29) is 0 Å². The average molecular weight is 262 g/mol. The van der Waals surface area contributed by atoms with Crippen molar-refractivity contribution >= 4 is 28.6 Å². The van der Waals surface area contributed by atoms with Crippen LogP contribution in [0.25, 0.3) is 0 Å². The molecule has 0 radical (unpaired) electrons. The summed E-state index contributed by atoms with van der Waals surface area (Å²) in [4.78, 5) is 6.00. The first-order valence-electron chi connectivity index (χ1n) is 5.63. The Morgan fingerprint density at radius 3 is 2.88 bits per heavy atom. The number of benzene rings is 1. The van der Waals surface area contributed by atoms with Gasteiger partial charge in [0.25, 0.3) is 0 Å². The van der Waals surface area contributed by atoms with E-state index in [1.807, 2.05) is 12.1 Å². The van der Waals surface area contributed by atoms with Crippen molar-refractivity contribution in [2.24, 2.45) is 4.99 Å². The molecule has 2 aromatic rings. The van der Waals surface area contributed by atoms with Crippen LogP contribution in [-0.4, -0.2) is 12.3 Å². The summed E-state index contributed by atoms with van der Waals surface area (Å²) in [5, 5.41) is 2.90. The molecule has 0 bridgehead atoms. The van der Waals surface area contributed by atoms with Gasteiger partial charge in [0, 0.05) is 27.6 Å². The van der Waals surface area contributed by atoms with Crippen LogP contribution in [0.15, 0.2) is 34.6 Å². The maximum absolute atomic E-state index is 6.09. The van der Waals surface area contributed by atoms with Gasteiger partial charge in [-0.1, -0.05) is 17.7 Å². The van der Waals surface area contributed by atoms with E-state index in [0.29, 0.717) is 0 Å². The van der Waals surface area contributed by atoms with Gasteiger partial charge in [0.15, 0.2) is 0 Å². The molecule has 1 aromatic carbocycles. The number of aliphatic imine (C=N–C) groups is 1. The predicted molar refractivity (Wildman–Crippen MR) is 74.7 cm³/mol. The summed E-state index contributed by atoms with van der Waals surface area (Å²) in [5.41, 5.74) is 4.90. The third-order valence-electron chi connectivity index (χ3n) is 3.09. The monoisotopic (exact) mass is 261 g/mol. The molecule has 3 heteroatoms. The fourth-order valence-electron chi connectivity index (χ4n) is 2.22. The van der Waals surface area contributed by atoms with E-state index in [1.54, 1.807) is 11.3 Å². The molecule has 0 amide bonds. The fourth-order valence-corrected chi connectivity index (χ4v) is 3.09. The number of halogens is 1. The topological polar surface area (TPSA) is 12.4 Å². The predicted octanol–water partition coefficient (Wildman–Crippen LogP) is 4.10. The maximum Gasteiger partial charge on any atom is 0.0733 e. The van der Waals surface area contributed by atoms with E-state index in [0.717, 1.165) is 23.7 Å². The third kappa shape index (κ3) is 1.92. The van der Waals surface area contributed by atoms with Crippen LogP contribution in [0.2, 0.25) is 5.02 Å². The summed E-state index contributed by atoms with van der Waals surface area (Å²) in [6.07, 6.45) is 1.01. The number of fused-ring (bicyclic) bond motifs is 1. The van der Waals surface area contributed by atoms with Gasteiger partial charge in [-0.05, 0) is 42.5 Å². The van der Waals surface area contributed by atoms with Crippen LogP contribution >= 0.6 is 22.9 Å². The first-order chi connectivity index (χ1) is 8.25. The lowest BCUT2D eigenvalue weighted by Gasteiger charge is -2.17.